The van der Waals surface area contributed by atoms with Crippen LogP contribution in [0.3, 0.4) is 0 Å². The minimum atomic E-state index is -1.12. The van der Waals surface area contributed by atoms with Crippen LogP contribution in [0.25, 0.3) is 0 Å². The third kappa shape index (κ3) is 8.12. The van der Waals surface area contributed by atoms with E-state index in [9.17, 15) is 33.7 Å². The molecule has 0 saturated heterocycles. The molecule has 2 aromatic carbocycles. The molecule has 174 valence electrons. The van der Waals surface area contributed by atoms with Gasteiger partial charge in [-0.05, 0) is 43.3 Å². The number of halogens is 2. The third-order valence-corrected chi connectivity index (χ3v) is 4.62. The van der Waals surface area contributed by atoms with Gasteiger partial charge < -0.3 is 20.1 Å². The molecule has 0 fully saturated rings. The summed E-state index contributed by atoms with van der Waals surface area (Å²) in [6, 6.07) is 6.85. The van der Waals surface area contributed by atoms with Gasteiger partial charge in [-0.25, -0.2) is 8.78 Å². The molecule has 0 radical (unpaired) electrons. The van der Waals surface area contributed by atoms with Crippen LogP contribution in [0.15, 0.2) is 36.4 Å². The van der Waals surface area contributed by atoms with E-state index in [1.165, 1.54) is 17.0 Å². The maximum Gasteiger partial charge on any atom is 0.320 e. The molecule has 0 saturated carbocycles. The number of rotatable bonds is 12. The summed E-state index contributed by atoms with van der Waals surface area (Å²) >= 11 is 0. The molecule has 3 N–H and O–H groups in total. The van der Waals surface area contributed by atoms with E-state index in [1.54, 1.807) is 11.8 Å². The van der Waals surface area contributed by atoms with Crippen molar-refractivity contribution >= 4 is 11.9 Å². The summed E-state index contributed by atoms with van der Waals surface area (Å²) < 4.78 is 32.1. The Kier molecular flexibility index (Phi) is 9.36. The number of phenolic OH excluding ortho intramolecular Hbond substituents is 2. The van der Waals surface area contributed by atoms with Gasteiger partial charge in [0.1, 0.15) is 23.1 Å². The van der Waals surface area contributed by atoms with Crippen LogP contribution in [0.2, 0.25) is 0 Å². The first-order valence-electron chi connectivity index (χ1n) is 9.94. The van der Waals surface area contributed by atoms with E-state index < -0.39 is 30.1 Å². The zero-order valence-corrected chi connectivity index (χ0v) is 17.6. The number of phenols is 2. The fourth-order valence-corrected chi connectivity index (χ4v) is 3.13. The quantitative estimate of drug-likeness (QED) is 0.421. The van der Waals surface area contributed by atoms with Crippen LogP contribution in [0.5, 0.6) is 11.5 Å². The first-order chi connectivity index (χ1) is 15.2. The minimum Gasteiger partial charge on any atom is -0.508 e. The molecule has 0 atom stereocenters. The highest BCUT2D eigenvalue weighted by Gasteiger charge is 2.18. The standard InChI is InChI=1S/C22H26F2N2O6/c1-2-32-22(31)14-26(12-16-10-18(24)4-6-20(16)28)8-7-25(13-21(29)30)11-15-9-17(23)3-5-19(15)27/h3-6,9-10,27-28H,2,7-8,11-14H2,1H3,(H,29,30). The van der Waals surface area contributed by atoms with E-state index >= 15 is 0 Å². The second-order valence-corrected chi connectivity index (χ2v) is 7.17. The van der Waals surface area contributed by atoms with E-state index in [2.05, 4.69) is 0 Å². The van der Waals surface area contributed by atoms with Crippen molar-refractivity contribution < 1.29 is 38.4 Å². The average Bonchev–Trinajstić information content (AvgIpc) is 2.71. The van der Waals surface area contributed by atoms with Crippen molar-refractivity contribution in [3.05, 3.63) is 59.2 Å². The van der Waals surface area contributed by atoms with Gasteiger partial charge in [-0.3, -0.25) is 19.4 Å². The van der Waals surface area contributed by atoms with E-state index in [-0.39, 0.29) is 62.0 Å². The number of aliphatic carboxylic acids is 1. The molecule has 0 spiro atoms. The summed E-state index contributed by atoms with van der Waals surface area (Å²) in [6.07, 6.45) is 0. The second-order valence-electron chi connectivity index (χ2n) is 7.17. The van der Waals surface area contributed by atoms with E-state index in [4.69, 9.17) is 4.74 Å². The van der Waals surface area contributed by atoms with Crippen molar-refractivity contribution in [2.24, 2.45) is 0 Å². The molecule has 0 bridgehead atoms. The van der Waals surface area contributed by atoms with E-state index in [0.717, 1.165) is 24.3 Å². The number of hydrogen-bond acceptors (Lipinski definition) is 7. The highest BCUT2D eigenvalue weighted by Crippen LogP contribution is 2.21. The fourth-order valence-electron chi connectivity index (χ4n) is 3.13. The van der Waals surface area contributed by atoms with Crippen LogP contribution in [0.4, 0.5) is 8.78 Å². The summed E-state index contributed by atoms with van der Waals surface area (Å²) in [5.41, 5.74) is 0.466. The molecular formula is C22H26F2N2O6. The topological polar surface area (TPSA) is 111 Å². The van der Waals surface area contributed by atoms with Gasteiger partial charge >= 0.3 is 11.9 Å². The molecule has 0 unspecified atom stereocenters. The van der Waals surface area contributed by atoms with Crippen molar-refractivity contribution in [3.63, 3.8) is 0 Å². The van der Waals surface area contributed by atoms with E-state index in [1.807, 2.05) is 0 Å². The molecule has 32 heavy (non-hydrogen) atoms. The largest absolute Gasteiger partial charge is 0.508 e. The normalized spacial score (nSPS) is 11.2. The molecule has 0 aromatic heterocycles. The highest BCUT2D eigenvalue weighted by atomic mass is 19.1. The molecule has 0 heterocycles. The Hall–Kier alpha value is -3.24. The summed E-state index contributed by atoms with van der Waals surface area (Å²) in [5, 5.41) is 29.2. The number of carbonyl (C=O) groups excluding carboxylic acids is 1. The van der Waals surface area contributed by atoms with Gasteiger partial charge in [0, 0.05) is 37.3 Å². The predicted molar refractivity (Wildman–Crippen MR) is 111 cm³/mol. The smallest absolute Gasteiger partial charge is 0.320 e. The Bertz CT molecular complexity index is 941. The first-order valence-corrected chi connectivity index (χ1v) is 9.94. The lowest BCUT2D eigenvalue weighted by Gasteiger charge is -2.27. The Balaban J connectivity index is 2.16. The lowest BCUT2D eigenvalue weighted by molar-refractivity contribution is -0.145. The van der Waals surface area contributed by atoms with Crippen molar-refractivity contribution in [3.8, 4) is 11.5 Å². The molecule has 8 nitrogen and oxygen atoms in total. The van der Waals surface area contributed by atoms with Gasteiger partial charge in [0.15, 0.2) is 0 Å². The van der Waals surface area contributed by atoms with Gasteiger partial charge in [0.2, 0.25) is 0 Å². The SMILES string of the molecule is CCOC(=O)CN(CCN(CC(=O)O)Cc1cc(F)ccc1O)Cc1cc(F)ccc1O. The number of ether oxygens (including phenoxy) is 1. The average molecular weight is 452 g/mol. The monoisotopic (exact) mass is 452 g/mol. The molecule has 2 rings (SSSR count). The lowest BCUT2D eigenvalue weighted by atomic mass is 10.1. The van der Waals surface area contributed by atoms with Crippen molar-refractivity contribution in [2.75, 3.05) is 32.8 Å². The second kappa shape index (κ2) is 12.0. The summed E-state index contributed by atoms with van der Waals surface area (Å²) in [5.74, 6) is -3.10. The van der Waals surface area contributed by atoms with Crippen LogP contribution in [0, 0.1) is 11.6 Å². The number of hydrogen-bond donors (Lipinski definition) is 3. The van der Waals surface area contributed by atoms with Crippen molar-refractivity contribution in [1.29, 1.82) is 0 Å². The highest BCUT2D eigenvalue weighted by molar-refractivity contribution is 5.71. The van der Waals surface area contributed by atoms with Gasteiger partial charge in [-0.1, -0.05) is 0 Å². The number of nitrogens with zero attached hydrogens (tertiary/aromatic N) is 2. The Labute approximate surface area is 184 Å². The summed E-state index contributed by atoms with van der Waals surface area (Å²) in [7, 11) is 0. The molecule has 0 aliphatic rings. The maximum atomic E-state index is 13.6. The van der Waals surface area contributed by atoms with Gasteiger partial charge in [0.25, 0.3) is 0 Å². The number of carboxylic acid groups (broad SMARTS) is 1. The van der Waals surface area contributed by atoms with E-state index in [0.29, 0.717) is 0 Å². The third-order valence-electron chi connectivity index (χ3n) is 4.62. The van der Waals surface area contributed by atoms with Crippen molar-refractivity contribution in [2.45, 2.75) is 20.0 Å². The van der Waals surface area contributed by atoms with Crippen LogP contribution in [0.1, 0.15) is 18.1 Å². The number of carbonyl (C=O) groups is 2. The molecule has 2 aromatic rings. The number of aromatic hydroxyl groups is 2. The molecule has 0 amide bonds. The molecule has 0 aliphatic carbocycles. The number of esters is 1. The fraction of sp³-hybridized carbons (Fsp3) is 0.364. The molecular weight excluding hydrogens is 426 g/mol. The number of benzene rings is 2. The Morgan fingerprint density at radius 1 is 0.875 bits per heavy atom. The lowest BCUT2D eigenvalue weighted by Crippen LogP contribution is -2.39. The van der Waals surface area contributed by atoms with Crippen LogP contribution >= 0.6 is 0 Å². The first kappa shape index (κ1) is 25.0. The Morgan fingerprint density at radius 2 is 1.34 bits per heavy atom. The predicted octanol–water partition coefficient (Wildman–Crippen LogP) is 2.33. The summed E-state index contributed by atoms with van der Waals surface area (Å²) in [6.45, 7) is 1.49. The zero-order chi connectivity index (χ0) is 23.7. The molecule has 10 heteroatoms. The van der Waals surface area contributed by atoms with Crippen LogP contribution in [-0.2, 0) is 27.4 Å². The Morgan fingerprint density at radius 3 is 1.78 bits per heavy atom. The minimum absolute atomic E-state index is 0.00847. The molecule has 0 aliphatic heterocycles. The van der Waals surface area contributed by atoms with Crippen molar-refractivity contribution in [1.82, 2.24) is 9.80 Å². The van der Waals surface area contributed by atoms with Gasteiger partial charge in [0.05, 0.1) is 19.7 Å². The van der Waals surface area contributed by atoms with Gasteiger partial charge in [-0.2, -0.15) is 0 Å². The van der Waals surface area contributed by atoms with Crippen LogP contribution < -0.4 is 0 Å². The van der Waals surface area contributed by atoms with Crippen LogP contribution in [-0.4, -0.2) is 69.8 Å². The van der Waals surface area contributed by atoms with Gasteiger partial charge in [-0.15, -0.1) is 0 Å². The summed E-state index contributed by atoms with van der Waals surface area (Å²) in [4.78, 5) is 26.3. The zero-order valence-electron chi connectivity index (χ0n) is 17.6. The maximum absolute atomic E-state index is 13.6. The number of carboxylic acids is 1.